The fourth-order valence-electron chi connectivity index (χ4n) is 8.63. The van der Waals surface area contributed by atoms with E-state index in [1.54, 1.807) is 6.33 Å². The number of hydrogen-bond acceptors (Lipinski definition) is 3. The molecule has 0 radical (unpaired) electrons. The summed E-state index contributed by atoms with van der Waals surface area (Å²) in [6, 6.07) is 58.9. The van der Waals surface area contributed by atoms with Gasteiger partial charge in [-0.2, -0.15) is 0 Å². The number of benzene rings is 7. The Bertz CT molecular complexity index is 3060. The number of furan rings is 1. The van der Waals surface area contributed by atoms with Crippen molar-refractivity contribution >= 4 is 43.9 Å². The zero-order valence-corrected chi connectivity index (χ0v) is 30.5. The van der Waals surface area contributed by atoms with Crippen molar-refractivity contribution in [1.29, 1.82) is 0 Å². The molecule has 264 valence electrons. The van der Waals surface area contributed by atoms with E-state index in [1.165, 1.54) is 44.3 Å². The van der Waals surface area contributed by atoms with E-state index < -0.39 is 0 Å². The second-order valence-corrected chi connectivity index (χ2v) is 14.5. The van der Waals surface area contributed by atoms with Crippen LogP contribution in [-0.4, -0.2) is 14.5 Å². The molecule has 11 rings (SSSR count). The number of allylic oxidation sites excluding steroid dienone is 4. The number of para-hydroxylation sites is 1. The van der Waals surface area contributed by atoms with E-state index in [0.29, 0.717) is 5.71 Å². The Balaban J connectivity index is 1.26. The lowest BCUT2D eigenvalue weighted by Crippen LogP contribution is -2.08. The summed E-state index contributed by atoms with van der Waals surface area (Å²) in [6.07, 6.45) is 11.5. The monoisotopic (exact) mass is 717 g/mol. The molecule has 0 bridgehead atoms. The summed E-state index contributed by atoms with van der Waals surface area (Å²) in [5.74, 6) is 0.135. The van der Waals surface area contributed by atoms with Crippen molar-refractivity contribution < 1.29 is 4.42 Å². The lowest BCUT2D eigenvalue weighted by molar-refractivity contribution is 0.653. The van der Waals surface area contributed by atoms with Gasteiger partial charge in [-0.1, -0.05) is 146 Å². The van der Waals surface area contributed by atoms with Crippen LogP contribution in [0.5, 0.6) is 0 Å². The molecule has 1 aliphatic carbocycles. The van der Waals surface area contributed by atoms with Gasteiger partial charge in [-0.3, -0.25) is 0 Å². The first-order valence-electron chi connectivity index (χ1n) is 19.2. The number of aromatic nitrogens is 3. The molecule has 0 fully saturated rings. The van der Waals surface area contributed by atoms with Crippen LogP contribution in [0, 0.1) is 0 Å². The van der Waals surface area contributed by atoms with Crippen LogP contribution in [0.2, 0.25) is 0 Å². The lowest BCUT2D eigenvalue weighted by Gasteiger charge is -2.25. The first-order chi connectivity index (χ1) is 27.8. The number of rotatable bonds is 6. The summed E-state index contributed by atoms with van der Waals surface area (Å²) in [5, 5.41) is 4.37. The van der Waals surface area contributed by atoms with Crippen molar-refractivity contribution in [3.63, 3.8) is 0 Å². The molecule has 0 spiro atoms. The highest BCUT2D eigenvalue weighted by Gasteiger charge is 2.26. The highest BCUT2D eigenvalue weighted by molar-refractivity contribution is 6.13. The lowest BCUT2D eigenvalue weighted by atomic mass is 9.85. The van der Waals surface area contributed by atoms with E-state index in [0.717, 1.165) is 56.2 Å². The molecule has 56 heavy (non-hydrogen) atoms. The normalized spacial score (nSPS) is 14.0. The molecule has 0 amide bonds. The smallest absolute Gasteiger partial charge is 0.230 e. The summed E-state index contributed by atoms with van der Waals surface area (Å²) in [7, 11) is 0. The highest BCUT2D eigenvalue weighted by Crippen LogP contribution is 2.46. The van der Waals surface area contributed by atoms with Gasteiger partial charge in [0.2, 0.25) is 5.71 Å². The second-order valence-electron chi connectivity index (χ2n) is 14.5. The van der Waals surface area contributed by atoms with Gasteiger partial charge in [-0.15, -0.1) is 0 Å². The van der Waals surface area contributed by atoms with Gasteiger partial charge in [0.25, 0.3) is 0 Å². The van der Waals surface area contributed by atoms with Gasteiger partial charge >= 0.3 is 0 Å². The van der Waals surface area contributed by atoms with Gasteiger partial charge in [0, 0.05) is 33.2 Å². The van der Waals surface area contributed by atoms with Crippen molar-refractivity contribution in [3.05, 3.63) is 200 Å². The first-order valence-corrected chi connectivity index (χ1v) is 19.2. The van der Waals surface area contributed by atoms with Crippen LogP contribution in [0.15, 0.2) is 199 Å². The largest absolute Gasteiger partial charge is 0.438 e. The zero-order chi connectivity index (χ0) is 37.0. The minimum Gasteiger partial charge on any atom is -0.438 e. The SMILES string of the molecule is C1=CCC(c2cc(-c3ncnc4oc5ccccc5c34)cc(-c3ccccc3)c2-n2c3ccc(-c4ccccc4)cc3c3cc(-c4ccccc4)ccc32)C=C1. The number of nitrogens with zero attached hydrogens (tertiary/aromatic N) is 3. The Morgan fingerprint density at radius 3 is 1.79 bits per heavy atom. The van der Waals surface area contributed by atoms with E-state index in [1.807, 2.05) is 18.2 Å². The standard InChI is InChI=1S/C52H35N3O/c1-5-15-34(16-6-1)38-25-27-46-44(29-38)45-30-39(35-17-7-2-8-18-35)26-28-47(45)55(46)51-42(36-19-9-3-10-20-36)31-40(32-43(51)37-21-11-4-12-22-37)50-49-41-23-13-14-24-48(41)56-52(49)54-33-53-50/h1-21,23-33,37H,22H2. The zero-order valence-electron chi connectivity index (χ0n) is 30.5. The van der Waals surface area contributed by atoms with E-state index in [-0.39, 0.29) is 5.92 Å². The topological polar surface area (TPSA) is 43.9 Å². The van der Waals surface area contributed by atoms with Crippen LogP contribution in [0.3, 0.4) is 0 Å². The van der Waals surface area contributed by atoms with Crippen molar-refractivity contribution in [2.75, 3.05) is 0 Å². The summed E-state index contributed by atoms with van der Waals surface area (Å²) < 4.78 is 8.78. The summed E-state index contributed by atoms with van der Waals surface area (Å²) in [5.41, 5.74) is 15.1. The van der Waals surface area contributed by atoms with Gasteiger partial charge in [-0.05, 0) is 82.3 Å². The molecule has 7 aromatic carbocycles. The van der Waals surface area contributed by atoms with Crippen LogP contribution in [-0.2, 0) is 0 Å². The van der Waals surface area contributed by atoms with Crippen LogP contribution < -0.4 is 0 Å². The molecule has 4 nitrogen and oxygen atoms in total. The maximum absolute atomic E-state index is 6.26. The molecular weight excluding hydrogens is 683 g/mol. The summed E-state index contributed by atoms with van der Waals surface area (Å²) in [4.78, 5) is 9.56. The van der Waals surface area contributed by atoms with Gasteiger partial charge in [0.1, 0.15) is 11.9 Å². The molecule has 1 atom stereocenters. The second kappa shape index (κ2) is 13.2. The maximum Gasteiger partial charge on any atom is 0.230 e. The van der Waals surface area contributed by atoms with Crippen molar-refractivity contribution in [3.8, 4) is 50.3 Å². The Morgan fingerprint density at radius 1 is 0.518 bits per heavy atom. The average Bonchev–Trinajstić information content (AvgIpc) is 3.82. The van der Waals surface area contributed by atoms with E-state index in [2.05, 4.69) is 179 Å². The number of hydrogen-bond donors (Lipinski definition) is 0. The van der Waals surface area contributed by atoms with E-state index in [9.17, 15) is 0 Å². The molecule has 0 N–H and O–H groups in total. The third-order valence-corrected chi connectivity index (χ3v) is 11.3. The minimum atomic E-state index is 0.135. The molecule has 3 heterocycles. The van der Waals surface area contributed by atoms with Crippen molar-refractivity contribution in [1.82, 2.24) is 14.5 Å². The van der Waals surface area contributed by atoms with Crippen molar-refractivity contribution in [2.45, 2.75) is 12.3 Å². The van der Waals surface area contributed by atoms with E-state index >= 15 is 0 Å². The number of fused-ring (bicyclic) bond motifs is 6. The Kier molecular flexibility index (Phi) is 7.59. The predicted octanol–water partition coefficient (Wildman–Crippen LogP) is 13.7. The molecule has 4 heteroatoms. The average molecular weight is 718 g/mol. The van der Waals surface area contributed by atoms with Crippen LogP contribution in [0.4, 0.5) is 0 Å². The highest BCUT2D eigenvalue weighted by atomic mass is 16.3. The Morgan fingerprint density at radius 2 is 1.14 bits per heavy atom. The fourth-order valence-corrected chi connectivity index (χ4v) is 8.63. The van der Waals surface area contributed by atoms with Crippen LogP contribution in [0.1, 0.15) is 17.9 Å². The molecule has 0 aliphatic heterocycles. The van der Waals surface area contributed by atoms with E-state index in [4.69, 9.17) is 9.40 Å². The molecule has 1 unspecified atom stereocenters. The van der Waals surface area contributed by atoms with Gasteiger partial charge in [0.05, 0.1) is 27.8 Å². The third kappa shape index (κ3) is 5.30. The molecule has 10 aromatic rings. The molecule has 1 aliphatic rings. The van der Waals surface area contributed by atoms with Gasteiger partial charge < -0.3 is 8.98 Å². The summed E-state index contributed by atoms with van der Waals surface area (Å²) >= 11 is 0. The molecule has 0 saturated carbocycles. The maximum atomic E-state index is 6.26. The molecule has 0 saturated heterocycles. The quantitative estimate of drug-likeness (QED) is 0.172. The Hall–Kier alpha value is -7.30. The molecular formula is C52H35N3O. The predicted molar refractivity (Wildman–Crippen MR) is 231 cm³/mol. The Labute approximate surface area is 324 Å². The van der Waals surface area contributed by atoms with Crippen LogP contribution in [0.25, 0.3) is 94.2 Å². The van der Waals surface area contributed by atoms with Crippen LogP contribution >= 0.6 is 0 Å². The van der Waals surface area contributed by atoms with Gasteiger partial charge in [0.15, 0.2) is 0 Å². The van der Waals surface area contributed by atoms with Gasteiger partial charge in [-0.25, -0.2) is 9.97 Å². The minimum absolute atomic E-state index is 0.135. The summed E-state index contributed by atoms with van der Waals surface area (Å²) in [6.45, 7) is 0. The van der Waals surface area contributed by atoms with Crippen molar-refractivity contribution in [2.24, 2.45) is 0 Å². The third-order valence-electron chi connectivity index (χ3n) is 11.3. The fraction of sp³-hybridized carbons (Fsp3) is 0.0385. The first kappa shape index (κ1) is 32.2. The molecule has 3 aromatic heterocycles.